The molecule has 0 saturated heterocycles. The average Bonchev–Trinajstić information content (AvgIpc) is 3.27. The molecule has 2 aliphatic rings. The summed E-state index contributed by atoms with van der Waals surface area (Å²) in [5.41, 5.74) is 9.26. The summed E-state index contributed by atoms with van der Waals surface area (Å²) in [5, 5.41) is 6.05. The summed E-state index contributed by atoms with van der Waals surface area (Å²) in [6, 6.07) is 9.56. The fourth-order valence-electron chi connectivity index (χ4n) is 3.37. The van der Waals surface area contributed by atoms with Gasteiger partial charge in [-0.1, -0.05) is 25.0 Å². The number of para-hydroxylation sites is 1. The predicted molar refractivity (Wildman–Crippen MR) is 96.0 cm³/mol. The molecule has 0 radical (unpaired) electrons. The summed E-state index contributed by atoms with van der Waals surface area (Å²) in [6.07, 6.45) is 5.25. The molecular weight excluding hydrogens is 292 g/mol. The quantitative estimate of drug-likeness (QED) is 0.811. The van der Waals surface area contributed by atoms with Crippen molar-refractivity contribution >= 4 is 33.4 Å². The number of fused-ring (bicyclic) bond motifs is 1. The number of aromatic amines is 1. The molecule has 1 fully saturated rings. The first-order valence-electron chi connectivity index (χ1n) is 8.13. The lowest BCUT2D eigenvalue weighted by molar-refractivity contribution is 0.756. The van der Waals surface area contributed by atoms with E-state index in [1.807, 2.05) is 0 Å². The van der Waals surface area contributed by atoms with Gasteiger partial charge in [0.25, 0.3) is 0 Å². The number of H-pyrrole nitrogens is 1. The van der Waals surface area contributed by atoms with Crippen LogP contribution in [0.2, 0.25) is 0 Å². The van der Waals surface area contributed by atoms with Crippen LogP contribution < -0.4 is 11.1 Å². The monoisotopic (exact) mass is 314 g/mol. The maximum Gasteiger partial charge on any atom is 0.114 e. The van der Waals surface area contributed by atoms with Crippen molar-refractivity contribution in [2.45, 2.75) is 37.8 Å². The minimum atomic E-state index is 0.266. The molecule has 1 aliphatic carbocycles. The van der Waals surface area contributed by atoms with E-state index in [9.17, 15) is 0 Å². The van der Waals surface area contributed by atoms with Crippen LogP contribution in [0, 0.1) is 0 Å². The Kier molecular flexibility index (Phi) is 3.84. The average molecular weight is 314 g/mol. The molecule has 1 aromatic heterocycles. The number of thioether (sulfide) groups is 1. The standard InChI is InChI=1S/C17H22N4S/c18-9-13-10-22-17(20-13)15-8-11-4-3-7-14(16(11)21-15)19-12-5-1-2-6-12/h3-4,7-8,12-13,19,21H,1-2,5-6,9-10,18H2. The second kappa shape index (κ2) is 5.97. The molecule has 1 unspecified atom stereocenters. The first-order valence-corrected chi connectivity index (χ1v) is 9.11. The third-order valence-electron chi connectivity index (χ3n) is 4.59. The topological polar surface area (TPSA) is 66.2 Å². The van der Waals surface area contributed by atoms with Crippen LogP contribution in [0.25, 0.3) is 10.9 Å². The van der Waals surface area contributed by atoms with Crippen LogP contribution in [-0.4, -0.2) is 34.4 Å². The predicted octanol–water partition coefficient (Wildman–Crippen LogP) is 3.34. The van der Waals surface area contributed by atoms with Gasteiger partial charge in [-0.25, -0.2) is 0 Å². The SMILES string of the molecule is NCC1CSC(c2cc3cccc(NC4CCCC4)c3[nH]2)=N1. The van der Waals surface area contributed by atoms with Gasteiger partial charge < -0.3 is 16.0 Å². The maximum absolute atomic E-state index is 5.72. The highest BCUT2D eigenvalue weighted by Gasteiger charge is 2.20. The highest BCUT2D eigenvalue weighted by molar-refractivity contribution is 8.14. The summed E-state index contributed by atoms with van der Waals surface area (Å²) in [6.45, 7) is 0.630. The van der Waals surface area contributed by atoms with Crippen molar-refractivity contribution < 1.29 is 0 Å². The number of hydrogen-bond acceptors (Lipinski definition) is 4. The van der Waals surface area contributed by atoms with Gasteiger partial charge in [0.1, 0.15) is 5.04 Å². The zero-order chi connectivity index (χ0) is 14.9. The Morgan fingerprint density at radius 2 is 2.18 bits per heavy atom. The van der Waals surface area contributed by atoms with Gasteiger partial charge in [-0.3, -0.25) is 4.99 Å². The van der Waals surface area contributed by atoms with Gasteiger partial charge in [-0.05, 0) is 25.0 Å². The number of anilines is 1. The number of hydrogen-bond donors (Lipinski definition) is 3. The Morgan fingerprint density at radius 1 is 1.32 bits per heavy atom. The zero-order valence-electron chi connectivity index (χ0n) is 12.6. The van der Waals surface area contributed by atoms with Gasteiger partial charge >= 0.3 is 0 Å². The van der Waals surface area contributed by atoms with Crippen molar-refractivity contribution in [2.75, 3.05) is 17.6 Å². The second-order valence-corrected chi connectivity index (χ2v) is 7.22. The molecule has 5 heteroatoms. The molecule has 116 valence electrons. The molecule has 2 heterocycles. The first kappa shape index (κ1) is 14.2. The van der Waals surface area contributed by atoms with Crippen molar-refractivity contribution in [3.63, 3.8) is 0 Å². The number of rotatable bonds is 4. The third-order valence-corrected chi connectivity index (χ3v) is 5.74. The maximum atomic E-state index is 5.72. The molecule has 4 rings (SSSR count). The van der Waals surface area contributed by atoms with E-state index in [-0.39, 0.29) is 6.04 Å². The van der Waals surface area contributed by atoms with Crippen molar-refractivity contribution in [3.05, 3.63) is 30.0 Å². The van der Waals surface area contributed by atoms with E-state index in [1.165, 1.54) is 42.3 Å². The Labute approximate surface area is 135 Å². The second-order valence-electron chi connectivity index (χ2n) is 6.21. The van der Waals surface area contributed by atoms with Crippen LogP contribution in [0.15, 0.2) is 29.3 Å². The Hall–Kier alpha value is -1.46. The number of aromatic nitrogens is 1. The lowest BCUT2D eigenvalue weighted by atomic mass is 10.2. The molecule has 2 aromatic rings. The van der Waals surface area contributed by atoms with Crippen molar-refractivity contribution in [2.24, 2.45) is 10.7 Å². The summed E-state index contributed by atoms with van der Waals surface area (Å²) >= 11 is 1.80. The fourth-order valence-corrected chi connectivity index (χ4v) is 4.42. The molecule has 0 spiro atoms. The summed E-state index contributed by atoms with van der Waals surface area (Å²) in [4.78, 5) is 8.28. The Balaban J connectivity index is 1.65. The van der Waals surface area contributed by atoms with Crippen LogP contribution in [0.1, 0.15) is 31.4 Å². The molecule has 1 aromatic carbocycles. The third kappa shape index (κ3) is 2.63. The van der Waals surface area contributed by atoms with Crippen LogP contribution in [0.3, 0.4) is 0 Å². The van der Waals surface area contributed by atoms with Crippen LogP contribution >= 0.6 is 11.8 Å². The molecule has 4 nitrogen and oxygen atoms in total. The largest absolute Gasteiger partial charge is 0.381 e. The van der Waals surface area contributed by atoms with Gasteiger partial charge in [0.15, 0.2) is 0 Å². The fraction of sp³-hybridized carbons (Fsp3) is 0.471. The van der Waals surface area contributed by atoms with E-state index in [1.54, 1.807) is 11.8 Å². The number of nitrogens with zero attached hydrogens (tertiary/aromatic N) is 1. The van der Waals surface area contributed by atoms with Crippen molar-refractivity contribution in [1.29, 1.82) is 0 Å². The smallest absolute Gasteiger partial charge is 0.114 e. The summed E-state index contributed by atoms with van der Waals surface area (Å²) < 4.78 is 0. The molecule has 1 atom stereocenters. The minimum absolute atomic E-state index is 0.266. The summed E-state index contributed by atoms with van der Waals surface area (Å²) in [7, 11) is 0. The molecular formula is C17H22N4S. The van der Waals surface area contributed by atoms with Crippen LogP contribution in [0.5, 0.6) is 0 Å². The lowest BCUT2D eigenvalue weighted by Crippen LogP contribution is -2.17. The number of aliphatic imine (C=N–C) groups is 1. The van der Waals surface area contributed by atoms with E-state index >= 15 is 0 Å². The van der Waals surface area contributed by atoms with Gasteiger partial charge in [-0.2, -0.15) is 0 Å². The Morgan fingerprint density at radius 3 is 2.95 bits per heavy atom. The highest BCUT2D eigenvalue weighted by atomic mass is 32.2. The van der Waals surface area contributed by atoms with E-state index in [0.29, 0.717) is 12.6 Å². The van der Waals surface area contributed by atoms with E-state index < -0.39 is 0 Å². The van der Waals surface area contributed by atoms with E-state index in [0.717, 1.165) is 16.5 Å². The van der Waals surface area contributed by atoms with Crippen LogP contribution in [-0.2, 0) is 0 Å². The number of nitrogens with two attached hydrogens (primary N) is 1. The van der Waals surface area contributed by atoms with Gasteiger partial charge in [0, 0.05) is 23.7 Å². The molecule has 0 amide bonds. The van der Waals surface area contributed by atoms with Gasteiger partial charge in [-0.15, -0.1) is 11.8 Å². The zero-order valence-corrected chi connectivity index (χ0v) is 13.5. The van der Waals surface area contributed by atoms with Gasteiger partial charge in [0.05, 0.1) is 22.9 Å². The van der Waals surface area contributed by atoms with Crippen LogP contribution in [0.4, 0.5) is 5.69 Å². The highest BCUT2D eigenvalue weighted by Crippen LogP contribution is 2.30. The molecule has 0 bridgehead atoms. The summed E-state index contributed by atoms with van der Waals surface area (Å²) in [5.74, 6) is 0.994. The molecule has 1 saturated carbocycles. The first-order chi connectivity index (χ1) is 10.8. The normalized spacial score (nSPS) is 22.4. The molecule has 22 heavy (non-hydrogen) atoms. The lowest BCUT2D eigenvalue weighted by Gasteiger charge is -2.14. The minimum Gasteiger partial charge on any atom is -0.381 e. The van der Waals surface area contributed by atoms with E-state index in [4.69, 9.17) is 10.7 Å². The molecule has 1 aliphatic heterocycles. The van der Waals surface area contributed by atoms with E-state index in [2.05, 4.69) is 34.6 Å². The van der Waals surface area contributed by atoms with Crippen molar-refractivity contribution in [3.8, 4) is 0 Å². The van der Waals surface area contributed by atoms with Crippen molar-refractivity contribution in [1.82, 2.24) is 4.98 Å². The molecule has 4 N–H and O–H groups in total. The number of nitrogens with one attached hydrogen (secondary N) is 2. The number of benzene rings is 1. The Bertz CT molecular complexity index is 700. The van der Waals surface area contributed by atoms with Gasteiger partial charge in [0.2, 0.25) is 0 Å².